The number of aryl methyl sites for hydroxylation is 1. The van der Waals surface area contributed by atoms with Crippen molar-refractivity contribution >= 4 is 5.78 Å². The van der Waals surface area contributed by atoms with Gasteiger partial charge in [0.05, 0.1) is 13.2 Å². The lowest BCUT2D eigenvalue weighted by molar-refractivity contribution is -0.118. The SMILES string of the molecule is O=C(CCc1ccc2c(c1)CCO2)CNC1CC1. The fourth-order valence-electron chi connectivity index (χ4n) is 2.31. The molecule has 0 bridgehead atoms. The van der Waals surface area contributed by atoms with E-state index in [4.69, 9.17) is 4.74 Å². The summed E-state index contributed by atoms with van der Waals surface area (Å²) < 4.78 is 5.47. The lowest BCUT2D eigenvalue weighted by atomic mass is 10.0. The number of benzene rings is 1. The third-order valence-corrected chi connectivity index (χ3v) is 3.61. The summed E-state index contributed by atoms with van der Waals surface area (Å²) in [5.41, 5.74) is 2.54. The molecule has 0 spiro atoms. The number of hydrogen-bond donors (Lipinski definition) is 1. The van der Waals surface area contributed by atoms with Crippen LogP contribution in [0.3, 0.4) is 0 Å². The molecule has 1 fully saturated rings. The van der Waals surface area contributed by atoms with Gasteiger partial charge in [0, 0.05) is 18.9 Å². The van der Waals surface area contributed by atoms with Gasteiger partial charge in [0.1, 0.15) is 11.5 Å². The number of rotatable bonds is 6. The van der Waals surface area contributed by atoms with Crippen molar-refractivity contribution in [3.05, 3.63) is 29.3 Å². The summed E-state index contributed by atoms with van der Waals surface area (Å²) in [6.45, 7) is 1.34. The highest BCUT2D eigenvalue weighted by Crippen LogP contribution is 2.26. The minimum Gasteiger partial charge on any atom is -0.493 e. The molecule has 1 aliphatic heterocycles. The molecule has 1 heterocycles. The van der Waals surface area contributed by atoms with Gasteiger partial charge in [0.2, 0.25) is 0 Å². The van der Waals surface area contributed by atoms with Gasteiger partial charge in [-0.2, -0.15) is 0 Å². The smallest absolute Gasteiger partial charge is 0.146 e. The average Bonchev–Trinajstić information content (AvgIpc) is 3.10. The quantitative estimate of drug-likeness (QED) is 0.831. The molecule has 0 unspecified atom stereocenters. The Hall–Kier alpha value is -1.35. The van der Waals surface area contributed by atoms with Crippen LogP contribution in [-0.2, 0) is 17.6 Å². The number of ketones is 1. The monoisotopic (exact) mass is 245 g/mol. The molecule has 0 saturated heterocycles. The Bertz CT molecular complexity index is 452. The van der Waals surface area contributed by atoms with Gasteiger partial charge in [-0.3, -0.25) is 4.79 Å². The zero-order valence-electron chi connectivity index (χ0n) is 10.6. The summed E-state index contributed by atoms with van der Waals surface area (Å²) in [4.78, 5) is 11.7. The van der Waals surface area contributed by atoms with Crippen molar-refractivity contribution in [1.82, 2.24) is 5.32 Å². The molecule has 0 amide bonds. The highest BCUT2D eigenvalue weighted by Gasteiger charge is 2.21. The van der Waals surface area contributed by atoms with Gasteiger partial charge in [0.15, 0.2) is 0 Å². The largest absolute Gasteiger partial charge is 0.493 e. The number of ether oxygens (including phenoxy) is 1. The maximum atomic E-state index is 11.7. The third kappa shape index (κ3) is 2.91. The van der Waals surface area contributed by atoms with Gasteiger partial charge in [-0.25, -0.2) is 0 Å². The minimum atomic E-state index is 0.318. The van der Waals surface area contributed by atoms with Gasteiger partial charge in [-0.05, 0) is 36.5 Å². The van der Waals surface area contributed by atoms with Crippen LogP contribution < -0.4 is 10.1 Å². The highest BCUT2D eigenvalue weighted by molar-refractivity contribution is 5.80. The first kappa shape index (κ1) is 11.7. The number of nitrogens with one attached hydrogen (secondary N) is 1. The van der Waals surface area contributed by atoms with E-state index in [0.29, 0.717) is 24.8 Å². The van der Waals surface area contributed by atoms with Crippen LogP contribution in [0.25, 0.3) is 0 Å². The van der Waals surface area contributed by atoms with E-state index in [2.05, 4.69) is 17.4 Å². The van der Waals surface area contributed by atoms with E-state index in [-0.39, 0.29) is 0 Å². The van der Waals surface area contributed by atoms with Crippen LogP contribution in [-0.4, -0.2) is 25.0 Å². The molecule has 96 valence electrons. The van der Waals surface area contributed by atoms with Crippen LogP contribution in [0.15, 0.2) is 18.2 Å². The molecule has 1 aromatic carbocycles. The Morgan fingerprint density at radius 1 is 1.39 bits per heavy atom. The van der Waals surface area contributed by atoms with E-state index < -0.39 is 0 Å². The fraction of sp³-hybridized carbons (Fsp3) is 0.533. The predicted octanol–water partition coefficient (Wildman–Crippen LogP) is 1.88. The number of fused-ring (bicyclic) bond motifs is 1. The molecular formula is C15H19NO2. The Kier molecular flexibility index (Phi) is 3.33. The predicted molar refractivity (Wildman–Crippen MR) is 70.0 cm³/mol. The number of Topliss-reactive ketones (excluding diaryl/α,β-unsaturated/α-hetero) is 1. The van der Waals surface area contributed by atoms with Crippen molar-refractivity contribution in [1.29, 1.82) is 0 Å². The molecule has 1 N–H and O–H groups in total. The lowest BCUT2D eigenvalue weighted by Crippen LogP contribution is -2.24. The minimum absolute atomic E-state index is 0.318. The molecule has 2 aliphatic rings. The highest BCUT2D eigenvalue weighted by atomic mass is 16.5. The molecule has 0 radical (unpaired) electrons. The second-order valence-corrected chi connectivity index (χ2v) is 5.23. The van der Waals surface area contributed by atoms with Crippen LogP contribution in [0.4, 0.5) is 0 Å². The third-order valence-electron chi connectivity index (χ3n) is 3.61. The molecule has 0 atom stereocenters. The first-order valence-electron chi connectivity index (χ1n) is 6.81. The van der Waals surface area contributed by atoms with Crippen molar-refractivity contribution in [2.75, 3.05) is 13.2 Å². The zero-order valence-corrected chi connectivity index (χ0v) is 10.6. The standard InChI is InChI=1S/C15H19NO2/c17-14(10-16-13-3-4-13)5-1-11-2-6-15-12(9-11)7-8-18-15/h2,6,9,13,16H,1,3-5,7-8,10H2. The van der Waals surface area contributed by atoms with Crippen LogP contribution in [0.1, 0.15) is 30.4 Å². The Morgan fingerprint density at radius 3 is 3.11 bits per heavy atom. The van der Waals surface area contributed by atoms with Crippen LogP contribution in [0, 0.1) is 0 Å². The second-order valence-electron chi connectivity index (χ2n) is 5.23. The summed E-state index contributed by atoms with van der Waals surface area (Å²) in [5, 5.41) is 3.26. The zero-order chi connectivity index (χ0) is 12.4. The maximum absolute atomic E-state index is 11.7. The Morgan fingerprint density at radius 2 is 2.28 bits per heavy atom. The molecule has 3 nitrogen and oxygen atoms in total. The average molecular weight is 245 g/mol. The number of hydrogen-bond acceptors (Lipinski definition) is 3. The van der Waals surface area contributed by atoms with Gasteiger partial charge in [-0.1, -0.05) is 12.1 Å². The fourth-order valence-corrected chi connectivity index (χ4v) is 2.31. The van der Waals surface area contributed by atoms with Gasteiger partial charge in [0.25, 0.3) is 0 Å². The Labute approximate surface area is 108 Å². The molecule has 0 aromatic heterocycles. The molecule has 1 aliphatic carbocycles. The maximum Gasteiger partial charge on any atom is 0.146 e. The van der Waals surface area contributed by atoms with E-state index in [1.54, 1.807) is 0 Å². The Balaban J connectivity index is 1.48. The van der Waals surface area contributed by atoms with Crippen LogP contribution >= 0.6 is 0 Å². The normalized spacial score (nSPS) is 17.3. The number of carbonyl (C=O) groups excluding carboxylic acids is 1. The first-order valence-corrected chi connectivity index (χ1v) is 6.81. The summed E-state index contributed by atoms with van der Waals surface area (Å²) in [7, 11) is 0. The van der Waals surface area contributed by atoms with E-state index >= 15 is 0 Å². The molecule has 3 heteroatoms. The van der Waals surface area contributed by atoms with Crippen molar-refractivity contribution in [2.45, 2.75) is 38.1 Å². The number of carbonyl (C=O) groups is 1. The van der Waals surface area contributed by atoms with Crippen molar-refractivity contribution in [3.63, 3.8) is 0 Å². The van der Waals surface area contributed by atoms with Crippen molar-refractivity contribution < 1.29 is 9.53 Å². The molecule has 18 heavy (non-hydrogen) atoms. The topological polar surface area (TPSA) is 38.3 Å². The second kappa shape index (κ2) is 5.11. The van der Waals surface area contributed by atoms with E-state index in [0.717, 1.165) is 25.2 Å². The van der Waals surface area contributed by atoms with Gasteiger partial charge < -0.3 is 10.1 Å². The summed E-state index contributed by atoms with van der Waals surface area (Å²) in [5.74, 6) is 1.33. The van der Waals surface area contributed by atoms with Gasteiger partial charge in [-0.15, -0.1) is 0 Å². The van der Waals surface area contributed by atoms with E-state index in [1.165, 1.54) is 24.0 Å². The lowest BCUT2D eigenvalue weighted by Gasteiger charge is -2.05. The van der Waals surface area contributed by atoms with E-state index in [1.807, 2.05) is 6.07 Å². The summed E-state index contributed by atoms with van der Waals surface area (Å²) >= 11 is 0. The summed E-state index contributed by atoms with van der Waals surface area (Å²) in [6.07, 6.45) is 4.95. The van der Waals surface area contributed by atoms with Crippen molar-refractivity contribution in [2.24, 2.45) is 0 Å². The summed E-state index contributed by atoms with van der Waals surface area (Å²) in [6, 6.07) is 6.91. The van der Waals surface area contributed by atoms with Crippen molar-refractivity contribution in [3.8, 4) is 5.75 Å². The molecule has 1 aromatic rings. The molecular weight excluding hydrogens is 226 g/mol. The van der Waals surface area contributed by atoms with Crippen LogP contribution in [0.5, 0.6) is 5.75 Å². The van der Waals surface area contributed by atoms with Crippen LogP contribution in [0.2, 0.25) is 0 Å². The van der Waals surface area contributed by atoms with E-state index in [9.17, 15) is 4.79 Å². The molecule has 3 rings (SSSR count). The first-order chi connectivity index (χ1) is 8.81. The molecule has 1 saturated carbocycles. The van der Waals surface area contributed by atoms with Gasteiger partial charge >= 0.3 is 0 Å².